The largest absolute Gasteiger partial charge is 0.313 e. The van der Waals surface area contributed by atoms with Crippen LogP contribution >= 0.6 is 0 Å². The Morgan fingerprint density at radius 1 is 1.35 bits per heavy atom. The van der Waals surface area contributed by atoms with E-state index < -0.39 is 14.6 Å². The Morgan fingerprint density at radius 2 is 2.00 bits per heavy atom. The van der Waals surface area contributed by atoms with Crippen LogP contribution in [0.5, 0.6) is 0 Å². The Morgan fingerprint density at radius 3 is 2.55 bits per heavy atom. The summed E-state index contributed by atoms with van der Waals surface area (Å²) in [7, 11) is -3.10. The van der Waals surface area contributed by atoms with Crippen LogP contribution < -0.4 is 5.32 Å². The van der Waals surface area contributed by atoms with Crippen molar-refractivity contribution in [2.75, 3.05) is 12.3 Å². The van der Waals surface area contributed by atoms with E-state index in [1.54, 1.807) is 25.5 Å². The summed E-state index contributed by atoms with van der Waals surface area (Å²) in [5.74, 6) is 0.124. The molecule has 5 nitrogen and oxygen atoms in total. The normalized spacial score (nSPS) is 12.8. The van der Waals surface area contributed by atoms with Gasteiger partial charge in [0.25, 0.3) is 0 Å². The lowest BCUT2D eigenvalue weighted by Crippen LogP contribution is -2.32. The second-order valence-electron chi connectivity index (χ2n) is 6.11. The van der Waals surface area contributed by atoms with Gasteiger partial charge in [-0.1, -0.05) is 6.92 Å². The van der Waals surface area contributed by atoms with E-state index in [1.165, 1.54) is 0 Å². The van der Waals surface area contributed by atoms with Crippen molar-refractivity contribution < 1.29 is 8.42 Å². The quantitative estimate of drug-likeness (QED) is 0.781. The van der Waals surface area contributed by atoms with Crippen molar-refractivity contribution in [2.24, 2.45) is 0 Å². The molecule has 6 heteroatoms. The van der Waals surface area contributed by atoms with Crippen LogP contribution in [0.1, 0.15) is 45.4 Å². The van der Waals surface area contributed by atoms with Crippen molar-refractivity contribution in [3.05, 3.63) is 17.5 Å². The van der Waals surface area contributed by atoms with E-state index in [1.807, 2.05) is 13.1 Å². The molecule has 0 aliphatic heterocycles. The number of aromatic nitrogens is 2. The van der Waals surface area contributed by atoms with Gasteiger partial charge in [0.1, 0.15) is 0 Å². The highest BCUT2D eigenvalue weighted by Gasteiger charge is 2.28. The maximum absolute atomic E-state index is 12.1. The number of sulfone groups is 1. The highest BCUT2D eigenvalue weighted by atomic mass is 32.2. The fraction of sp³-hybridized carbons (Fsp3) is 0.786. The van der Waals surface area contributed by atoms with Gasteiger partial charge in [0.15, 0.2) is 9.84 Å². The van der Waals surface area contributed by atoms with E-state index >= 15 is 0 Å². The van der Waals surface area contributed by atoms with Crippen LogP contribution in [0.15, 0.2) is 6.20 Å². The molecule has 0 fully saturated rings. The molecule has 1 aromatic heterocycles. The number of aryl methyl sites for hydroxylation is 2. The van der Waals surface area contributed by atoms with Gasteiger partial charge in [-0.2, -0.15) is 5.10 Å². The van der Waals surface area contributed by atoms with E-state index in [4.69, 9.17) is 0 Å². The van der Waals surface area contributed by atoms with Gasteiger partial charge in [-0.25, -0.2) is 8.42 Å². The predicted octanol–water partition coefficient (Wildman–Crippen LogP) is 1.90. The summed E-state index contributed by atoms with van der Waals surface area (Å²) < 4.78 is 25.2. The van der Waals surface area contributed by atoms with Gasteiger partial charge in [-0.05, 0) is 40.7 Å². The van der Waals surface area contributed by atoms with Gasteiger partial charge in [0.05, 0.1) is 22.7 Å². The van der Waals surface area contributed by atoms with Crippen LogP contribution in [0.25, 0.3) is 0 Å². The molecule has 0 spiro atoms. The third kappa shape index (κ3) is 4.59. The molecule has 20 heavy (non-hydrogen) atoms. The summed E-state index contributed by atoms with van der Waals surface area (Å²) in [4.78, 5) is 0. The molecule has 1 rings (SSSR count). The first kappa shape index (κ1) is 17.2. The first-order valence-corrected chi connectivity index (χ1v) is 8.78. The summed E-state index contributed by atoms with van der Waals surface area (Å²) >= 11 is 0. The van der Waals surface area contributed by atoms with Crippen LogP contribution in [-0.2, 0) is 22.9 Å². The maximum atomic E-state index is 12.1. The van der Waals surface area contributed by atoms with Crippen LogP contribution in [-0.4, -0.2) is 35.2 Å². The van der Waals surface area contributed by atoms with Crippen molar-refractivity contribution in [1.29, 1.82) is 0 Å². The Bertz CT molecular complexity index is 527. The van der Waals surface area contributed by atoms with Crippen molar-refractivity contribution in [2.45, 2.75) is 58.9 Å². The Labute approximate surface area is 122 Å². The lowest BCUT2D eigenvalue weighted by Gasteiger charge is -2.18. The van der Waals surface area contributed by atoms with E-state index in [2.05, 4.69) is 17.3 Å². The molecule has 116 valence electrons. The van der Waals surface area contributed by atoms with Crippen LogP contribution in [0, 0.1) is 6.92 Å². The molecule has 1 heterocycles. The lowest BCUT2D eigenvalue weighted by atomic mass is 10.2. The zero-order valence-corrected chi connectivity index (χ0v) is 14.0. The number of rotatable bonds is 7. The van der Waals surface area contributed by atoms with Crippen LogP contribution in [0.3, 0.4) is 0 Å². The molecule has 0 saturated carbocycles. The molecule has 1 N–H and O–H groups in total. The molecule has 0 aliphatic carbocycles. The average Bonchev–Trinajstić information content (AvgIpc) is 2.67. The highest BCUT2D eigenvalue weighted by Crippen LogP contribution is 2.16. The topological polar surface area (TPSA) is 64.0 Å². The molecule has 0 aliphatic rings. The fourth-order valence-corrected chi connectivity index (χ4v) is 2.81. The Hall–Kier alpha value is -0.880. The molecule has 0 atom stereocenters. The number of hydrogen-bond acceptors (Lipinski definition) is 4. The Kier molecular flexibility index (Phi) is 5.77. The van der Waals surface area contributed by atoms with Crippen molar-refractivity contribution in [3.8, 4) is 0 Å². The minimum Gasteiger partial charge on any atom is -0.313 e. The summed E-state index contributed by atoms with van der Waals surface area (Å²) in [5, 5.41) is 7.72. The average molecular weight is 301 g/mol. The van der Waals surface area contributed by atoms with Gasteiger partial charge in [-0.15, -0.1) is 0 Å². The maximum Gasteiger partial charge on any atom is 0.157 e. The van der Waals surface area contributed by atoms with Gasteiger partial charge in [0, 0.05) is 18.3 Å². The fourth-order valence-electron chi connectivity index (χ4n) is 1.77. The molecular weight excluding hydrogens is 274 g/mol. The SMILES string of the molecule is CCCNCc1cn(CCS(=O)(=O)C(C)(C)C)nc1C. The van der Waals surface area contributed by atoms with Crippen molar-refractivity contribution in [3.63, 3.8) is 0 Å². The molecule has 0 bridgehead atoms. The smallest absolute Gasteiger partial charge is 0.157 e. The molecule has 0 aromatic carbocycles. The molecule has 0 unspecified atom stereocenters. The monoisotopic (exact) mass is 301 g/mol. The second kappa shape index (κ2) is 6.72. The molecule has 0 amide bonds. The number of hydrogen-bond donors (Lipinski definition) is 1. The Balaban J connectivity index is 2.64. The lowest BCUT2D eigenvalue weighted by molar-refractivity contribution is 0.547. The van der Waals surface area contributed by atoms with Gasteiger partial charge in [0.2, 0.25) is 0 Å². The first-order chi connectivity index (χ1) is 9.17. The number of nitrogens with zero attached hydrogens (tertiary/aromatic N) is 2. The van der Waals surface area contributed by atoms with E-state index in [-0.39, 0.29) is 5.75 Å². The number of nitrogens with one attached hydrogen (secondary N) is 1. The molecule has 0 radical (unpaired) electrons. The van der Waals surface area contributed by atoms with Gasteiger partial charge in [-0.3, -0.25) is 4.68 Å². The summed E-state index contributed by atoms with van der Waals surface area (Å²) in [6.07, 6.45) is 3.03. The van der Waals surface area contributed by atoms with E-state index in [0.717, 1.165) is 30.8 Å². The highest BCUT2D eigenvalue weighted by molar-refractivity contribution is 7.92. The van der Waals surface area contributed by atoms with E-state index in [9.17, 15) is 8.42 Å². The third-order valence-electron chi connectivity index (χ3n) is 3.31. The standard InChI is InChI=1S/C14H27N3O2S/c1-6-7-15-10-13-11-17(16-12(13)2)8-9-20(18,19)14(3,4)5/h11,15H,6-10H2,1-5H3. The zero-order chi connectivity index (χ0) is 15.4. The van der Waals surface area contributed by atoms with Crippen LogP contribution in [0.4, 0.5) is 0 Å². The summed E-state index contributed by atoms with van der Waals surface area (Å²) in [6.45, 7) is 11.5. The molecule has 0 saturated heterocycles. The first-order valence-electron chi connectivity index (χ1n) is 7.13. The molecule has 1 aromatic rings. The van der Waals surface area contributed by atoms with Crippen molar-refractivity contribution in [1.82, 2.24) is 15.1 Å². The van der Waals surface area contributed by atoms with Crippen molar-refractivity contribution >= 4 is 9.84 Å². The third-order valence-corrected chi connectivity index (χ3v) is 5.90. The minimum atomic E-state index is -3.10. The zero-order valence-electron chi connectivity index (χ0n) is 13.2. The molecular formula is C14H27N3O2S. The van der Waals surface area contributed by atoms with E-state index in [0.29, 0.717) is 6.54 Å². The predicted molar refractivity (Wildman–Crippen MR) is 82.5 cm³/mol. The van der Waals surface area contributed by atoms with Crippen LogP contribution in [0.2, 0.25) is 0 Å². The summed E-state index contributed by atoms with van der Waals surface area (Å²) in [6, 6.07) is 0. The van der Waals surface area contributed by atoms with Gasteiger partial charge >= 0.3 is 0 Å². The summed E-state index contributed by atoms with van der Waals surface area (Å²) in [5.41, 5.74) is 2.09. The second-order valence-corrected chi connectivity index (χ2v) is 8.97. The minimum absolute atomic E-state index is 0.124. The van der Waals surface area contributed by atoms with Gasteiger partial charge < -0.3 is 5.32 Å².